The van der Waals surface area contributed by atoms with Crippen LogP contribution in [0.3, 0.4) is 0 Å². The molecule has 33 heavy (non-hydrogen) atoms. The molecule has 0 saturated carbocycles. The van der Waals surface area contributed by atoms with Crippen molar-refractivity contribution in [1.82, 2.24) is 5.32 Å². The van der Waals surface area contributed by atoms with Crippen molar-refractivity contribution in [2.24, 2.45) is 5.41 Å². The van der Waals surface area contributed by atoms with Crippen LogP contribution in [-0.2, 0) is 21.0 Å². The highest BCUT2D eigenvalue weighted by molar-refractivity contribution is 6.34. The Kier molecular flexibility index (Phi) is 8.62. The molecule has 3 rings (SSSR count). The molecule has 0 spiro atoms. The summed E-state index contributed by atoms with van der Waals surface area (Å²) in [4.78, 5) is 25.4. The van der Waals surface area contributed by atoms with E-state index in [-0.39, 0.29) is 33.2 Å². The van der Waals surface area contributed by atoms with Crippen LogP contribution in [-0.4, -0.2) is 21.3 Å². The average Bonchev–Trinajstić information content (AvgIpc) is 2.79. The van der Waals surface area contributed by atoms with E-state index >= 15 is 0 Å². The maximum atomic E-state index is 13.0. The van der Waals surface area contributed by atoms with Gasteiger partial charge in [-0.05, 0) is 30.4 Å². The molecule has 1 N–H and O–H groups in total. The molecule has 0 saturated heterocycles. The van der Waals surface area contributed by atoms with Gasteiger partial charge < -0.3 is 0 Å². The average molecular weight is 460 g/mol. The highest BCUT2D eigenvalue weighted by Gasteiger charge is 2.46. The summed E-state index contributed by atoms with van der Waals surface area (Å²) >= 11 is 0. The van der Waals surface area contributed by atoms with E-state index in [4.69, 9.17) is 0 Å². The zero-order chi connectivity index (χ0) is 23.7. The van der Waals surface area contributed by atoms with Crippen LogP contribution in [0.4, 0.5) is 0 Å². The zero-order valence-corrected chi connectivity index (χ0v) is 21.7. The number of carbonyl (C=O) groups excluding carboxylic acids is 2. The third-order valence-electron chi connectivity index (χ3n) is 6.84. The van der Waals surface area contributed by atoms with Gasteiger partial charge in [0.25, 0.3) is 0 Å². The summed E-state index contributed by atoms with van der Waals surface area (Å²) in [5.41, 5.74) is 2.97. The van der Waals surface area contributed by atoms with Crippen molar-refractivity contribution in [1.29, 1.82) is 0 Å². The van der Waals surface area contributed by atoms with E-state index < -0.39 is 5.41 Å². The van der Waals surface area contributed by atoms with Gasteiger partial charge in [0, 0.05) is 27.8 Å². The van der Waals surface area contributed by atoms with Gasteiger partial charge in [-0.2, -0.15) is 0 Å². The van der Waals surface area contributed by atoms with Gasteiger partial charge in [0.15, 0.2) is 0 Å². The second kappa shape index (κ2) is 11.4. The van der Waals surface area contributed by atoms with Crippen LogP contribution in [0.15, 0.2) is 84.5 Å². The molecule has 1 unspecified atom stereocenters. The number of carbonyl (C=O) groups is 2. The maximum absolute atomic E-state index is 13.0. The van der Waals surface area contributed by atoms with Crippen molar-refractivity contribution in [2.45, 2.75) is 64.0 Å². The van der Waals surface area contributed by atoms with E-state index in [1.54, 1.807) is 0 Å². The highest BCUT2D eigenvalue weighted by atomic mass is 28.2. The van der Waals surface area contributed by atoms with Gasteiger partial charge in [0.2, 0.25) is 11.8 Å². The Hall–Kier alpha value is -2.72. The molecular weight excluding hydrogens is 422 g/mol. The standard InChI is InChI=1S/C29H37NO2Si/c1-23-17-18-29(28(2,3)20-23,25-14-8-5-9-15-25)21-27(32)30-26(31)16-10-11-19-33-22-24-12-6-4-7-13-24/h4-9,12-15,17-18,20H,10-11,16,19,21-22,33H2,1-3H3,(H,30,31,32). The monoisotopic (exact) mass is 459 g/mol. The van der Waals surface area contributed by atoms with Crippen molar-refractivity contribution < 1.29 is 9.59 Å². The first kappa shape index (κ1) is 24.9. The lowest BCUT2D eigenvalue weighted by molar-refractivity contribution is -0.131. The lowest BCUT2D eigenvalue weighted by atomic mass is 9.57. The summed E-state index contributed by atoms with van der Waals surface area (Å²) in [5.74, 6) is -0.356. The summed E-state index contributed by atoms with van der Waals surface area (Å²) in [5, 5.41) is 2.67. The Morgan fingerprint density at radius 3 is 2.24 bits per heavy atom. The van der Waals surface area contributed by atoms with Crippen LogP contribution in [0, 0.1) is 5.41 Å². The second-order valence-electron chi connectivity index (χ2n) is 9.83. The molecule has 2 aromatic carbocycles. The molecule has 174 valence electrons. The van der Waals surface area contributed by atoms with Crippen LogP contribution in [0.1, 0.15) is 57.6 Å². The number of hydrogen-bond acceptors (Lipinski definition) is 2. The van der Waals surface area contributed by atoms with Crippen LogP contribution in [0.5, 0.6) is 0 Å². The summed E-state index contributed by atoms with van der Waals surface area (Å²) < 4.78 is 0. The molecule has 0 radical (unpaired) electrons. The predicted molar refractivity (Wildman–Crippen MR) is 140 cm³/mol. The summed E-state index contributed by atoms with van der Waals surface area (Å²) in [6, 6.07) is 23.2. The number of benzene rings is 2. The number of amides is 2. The Morgan fingerprint density at radius 2 is 1.58 bits per heavy atom. The smallest absolute Gasteiger partial charge is 0.227 e. The lowest BCUT2D eigenvalue weighted by Gasteiger charge is -2.46. The third kappa shape index (κ3) is 6.64. The molecule has 3 nitrogen and oxygen atoms in total. The van der Waals surface area contributed by atoms with E-state index in [0.717, 1.165) is 18.4 Å². The van der Waals surface area contributed by atoms with Crippen LogP contribution < -0.4 is 5.32 Å². The fourth-order valence-electron chi connectivity index (χ4n) is 4.96. The van der Waals surface area contributed by atoms with E-state index in [2.05, 4.69) is 86.8 Å². The van der Waals surface area contributed by atoms with E-state index in [1.165, 1.54) is 23.2 Å². The minimum atomic E-state index is -0.485. The molecule has 0 bridgehead atoms. The molecule has 0 heterocycles. The molecule has 1 aliphatic carbocycles. The van der Waals surface area contributed by atoms with Crippen molar-refractivity contribution in [3.05, 3.63) is 95.6 Å². The minimum absolute atomic E-state index is 0.138. The molecule has 4 heteroatoms. The van der Waals surface area contributed by atoms with Gasteiger partial charge in [-0.15, -0.1) is 0 Å². The largest absolute Gasteiger partial charge is 0.296 e. The van der Waals surface area contributed by atoms with Crippen LogP contribution >= 0.6 is 0 Å². The molecule has 0 fully saturated rings. The predicted octanol–water partition coefficient (Wildman–Crippen LogP) is 5.46. The summed E-state index contributed by atoms with van der Waals surface area (Å²) in [6.45, 7) is 6.42. The second-order valence-corrected chi connectivity index (χ2v) is 11.7. The zero-order valence-electron chi connectivity index (χ0n) is 20.3. The molecule has 0 aromatic heterocycles. The van der Waals surface area contributed by atoms with E-state index in [0.29, 0.717) is 6.42 Å². The lowest BCUT2D eigenvalue weighted by Crippen LogP contribution is -2.45. The van der Waals surface area contributed by atoms with Gasteiger partial charge in [-0.3, -0.25) is 14.9 Å². The number of nitrogens with one attached hydrogen (secondary N) is 1. The first-order chi connectivity index (χ1) is 15.8. The van der Waals surface area contributed by atoms with Crippen molar-refractivity contribution in [3.63, 3.8) is 0 Å². The third-order valence-corrected chi connectivity index (χ3v) is 8.77. The molecular formula is C29H37NO2Si. The number of unbranched alkanes of at least 4 members (excludes halogenated alkanes) is 1. The number of imide groups is 1. The van der Waals surface area contributed by atoms with E-state index in [9.17, 15) is 9.59 Å². The van der Waals surface area contributed by atoms with Gasteiger partial charge in [-0.25, -0.2) is 0 Å². The Balaban J connectivity index is 1.50. The fourth-order valence-corrected chi connectivity index (χ4v) is 6.65. The Bertz CT molecular complexity index is 995. The first-order valence-corrected chi connectivity index (χ1v) is 14.1. The first-order valence-electron chi connectivity index (χ1n) is 12.1. The van der Waals surface area contributed by atoms with Crippen molar-refractivity contribution >= 4 is 21.3 Å². The summed E-state index contributed by atoms with van der Waals surface area (Å²) in [7, 11) is -0.138. The summed E-state index contributed by atoms with van der Waals surface area (Å²) in [6.07, 6.45) is 9.05. The van der Waals surface area contributed by atoms with Crippen LogP contribution in [0.25, 0.3) is 0 Å². The molecule has 1 atom stereocenters. The number of rotatable bonds is 10. The van der Waals surface area contributed by atoms with Crippen molar-refractivity contribution in [2.75, 3.05) is 0 Å². The highest BCUT2D eigenvalue weighted by Crippen LogP contribution is 2.49. The molecule has 2 amide bonds. The maximum Gasteiger partial charge on any atom is 0.227 e. The SMILES string of the molecule is CC1=CC(C)(C)C(CC(=O)NC(=O)CCCC[SiH2]Cc2ccccc2)(c2ccccc2)C=C1. The Labute approximate surface area is 201 Å². The van der Waals surface area contributed by atoms with Gasteiger partial charge in [0.1, 0.15) is 0 Å². The van der Waals surface area contributed by atoms with Gasteiger partial charge >= 0.3 is 0 Å². The number of hydrogen-bond donors (Lipinski definition) is 1. The van der Waals surface area contributed by atoms with E-state index in [1.807, 2.05) is 18.2 Å². The molecule has 1 aliphatic rings. The molecule has 2 aromatic rings. The topological polar surface area (TPSA) is 46.2 Å². The van der Waals surface area contributed by atoms with Gasteiger partial charge in [-0.1, -0.05) is 116 Å². The minimum Gasteiger partial charge on any atom is -0.296 e. The van der Waals surface area contributed by atoms with Gasteiger partial charge in [0.05, 0.1) is 0 Å². The fraction of sp³-hybridized carbons (Fsp3) is 0.379. The normalized spacial score (nSPS) is 19.4. The Morgan fingerprint density at radius 1 is 0.909 bits per heavy atom. The van der Waals surface area contributed by atoms with Crippen LogP contribution in [0.2, 0.25) is 6.04 Å². The quantitative estimate of drug-likeness (QED) is 0.379. The molecule has 0 aliphatic heterocycles. The number of allylic oxidation sites excluding steroid dienone is 4. The van der Waals surface area contributed by atoms with Crippen molar-refractivity contribution in [3.8, 4) is 0 Å².